The summed E-state index contributed by atoms with van der Waals surface area (Å²) < 4.78 is 19.8. The Kier molecular flexibility index (Phi) is 6.75. The molecule has 0 fully saturated rings. The van der Waals surface area contributed by atoms with Crippen molar-refractivity contribution in [1.29, 1.82) is 0 Å². The molecular formula is C28H28N4O3. The molecule has 0 N–H and O–H groups in total. The van der Waals surface area contributed by atoms with E-state index in [1.165, 1.54) is 0 Å². The zero-order valence-corrected chi connectivity index (χ0v) is 19.9. The normalized spacial score (nSPS) is 12.1. The Morgan fingerprint density at radius 3 is 2.40 bits per heavy atom. The van der Waals surface area contributed by atoms with E-state index in [1.807, 2.05) is 80.8 Å². The van der Waals surface area contributed by atoms with Crippen molar-refractivity contribution in [3.8, 4) is 17.2 Å². The van der Waals surface area contributed by atoms with E-state index in [-0.39, 0.29) is 6.04 Å². The summed E-state index contributed by atoms with van der Waals surface area (Å²) in [6.07, 6.45) is 6.18. The van der Waals surface area contributed by atoms with Gasteiger partial charge in [0.25, 0.3) is 0 Å². The van der Waals surface area contributed by atoms with Gasteiger partial charge in [-0.15, -0.1) is 10.2 Å². The Bertz CT molecular complexity index is 1340. The van der Waals surface area contributed by atoms with Crippen LogP contribution in [-0.4, -0.2) is 26.4 Å². The van der Waals surface area contributed by atoms with E-state index in [4.69, 9.17) is 13.6 Å². The number of nitrogens with zero attached hydrogens (tertiary/aromatic N) is 4. The third kappa shape index (κ3) is 5.35. The Balaban J connectivity index is 1.20. The molecule has 0 aliphatic rings. The zero-order valence-electron chi connectivity index (χ0n) is 19.9. The topological polar surface area (TPSA) is 79.1 Å². The summed E-state index contributed by atoms with van der Waals surface area (Å²) in [6.45, 7) is 4.47. The van der Waals surface area contributed by atoms with E-state index in [2.05, 4.69) is 31.9 Å². The van der Waals surface area contributed by atoms with Crippen LogP contribution in [0.1, 0.15) is 41.8 Å². The SMILES string of the molecule is CCc1nnc(C(Cc2ccc(OCCc3nc(-c4ccccc4)oc3C)cc2)n2cccc2)o1. The van der Waals surface area contributed by atoms with Gasteiger partial charge < -0.3 is 18.1 Å². The van der Waals surface area contributed by atoms with Crippen molar-refractivity contribution < 1.29 is 13.6 Å². The fraction of sp³-hybridized carbons (Fsp3) is 0.250. The van der Waals surface area contributed by atoms with E-state index in [0.717, 1.165) is 41.2 Å². The minimum Gasteiger partial charge on any atom is -0.493 e. The monoisotopic (exact) mass is 468 g/mol. The first-order valence-electron chi connectivity index (χ1n) is 11.9. The first kappa shape index (κ1) is 22.7. The van der Waals surface area contributed by atoms with Crippen LogP contribution in [0.3, 0.4) is 0 Å². The maximum atomic E-state index is 5.99. The Hall–Kier alpha value is -4.13. The van der Waals surface area contributed by atoms with Crippen molar-refractivity contribution in [2.24, 2.45) is 0 Å². The molecule has 0 aliphatic heterocycles. The van der Waals surface area contributed by atoms with Crippen molar-refractivity contribution in [2.75, 3.05) is 6.61 Å². The van der Waals surface area contributed by atoms with Gasteiger partial charge in [-0.3, -0.25) is 0 Å². The molecule has 7 nitrogen and oxygen atoms in total. The van der Waals surface area contributed by atoms with Crippen molar-refractivity contribution in [2.45, 2.75) is 39.2 Å². The average Bonchev–Trinajstić information content (AvgIpc) is 3.66. The van der Waals surface area contributed by atoms with Crippen LogP contribution in [0, 0.1) is 6.92 Å². The number of hydrogen-bond donors (Lipinski definition) is 0. The van der Waals surface area contributed by atoms with Crippen LogP contribution >= 0.6 is 0 Å². The lowest BCUT2D eigenvalue weighted by atomic mass is 10.1. The summed E-state index contributed by atoms with van der Waals surface area (Å²) in [6, 6.07) is 22.0. The molecule has 3 heterocycles. The number of aromatic nitrogens is 4. The van der Waals surface area contributed by atoms with Gasteiger partial charge in [-0.25, -0.2) is 4.98 Å². The predicted octanol–water partition coefficient (Wildman–Crippen LogP) is 5.85. The highest BCUT2D eigenvalue weighted by molar-refractivity contribution is 5.53. The van der Waals surface area contributed by atoms with Gasteiger partial charge in [-0.05, 0) is 48.9 Å². The second kappa shape index (κ2) is 10.4. The van der Waals surface area contributed by atoms with Gasteiger partial charge in [0, 0.05) is 37.2 Å². The number of oxazole rings is 1. The Morgan fingerprint density at radius 1 is 0.914 bits per heavy atom. The molecule has 1 atom stereocenters. The molecule has 0 saturated carbocycles. The van der Waals surface area contributed by atoms with E-state index >= 15 is 0 Å². The largest absolute Gasteiger partial charge is 0.493 e. The highest BCUT2D eigenvalue weighted by Crippen LogP contribution is 2.25. The van der Waals surface area contributed by atoms with Gasteiger partial charge in [0.15, 0.2) is 0 Å². The van der Waals surface area contributed by atoms with Crippen LogP contribution in [-0.2, 0) is 19.3 Å². The van der Waals surface area contributed by atoms with Crippen LogP contribution in [0.4, 0.5) is 0 Å². The molecule has 5 rings (SSSR count). The first-order valence-corrected chi connectivity index (χ1v) is 11.9. The molecule has 0 bridgehead atoms. The van der Waals surface area contributed by atoms with E-state index in [9.17, 15) is 0 Å². The Labute approximate surface area is 204 Å². The number of hydrogen-bond acceptors (Lipinski definition) is 6. The molecule has 0 aliphatic carbocycles. The summed E-state index contributed by atoms with van der Waals surface area (Å²) in [7, 11) is 0. The fourth-order valence-corrected chi connectivity index (χ4v) is 3.99. The maximum Gasteiger partial charge on any atom is 0.239 e. The molecule has 1 unspecified atom stereocenters. The molecule has 0 spiro atoms. The lowest BCUT2D eigenvalue weighted by Gasteiger charge is -2.16. The van der Waals surface area contributed by atoms with Gasteiger partial charge in [0.2, 0.25) is 17.7 Å². The molecule has 7 heteroatoms. The van der Waals surface area contributed by atoms with Crippen molar-refractivity contribution in [3.63, 3.8) is 0 Å². The summed E-state index contributed by atoms with van der Waals surface area (Å²) >= 11 is 0. The fourth-order valence-electron chi connectivity index (χ4n) is 3.99. The standard InChI is InChI=1S/C28H28N4O3/c1-3-26-30-31-28(35-26)25(32-16-7-8-17-32)19-21-11-13-23(14-12-21)33-18-15-24-20(2)34-27(29-24)22-9-5-4-6-10-22/h4-14,16-17,25H,3,15,18-19H2,1-2H3. The second-order valence-electron chi connectivity index (χ2n) is 8.37. The average molecular weight is 469 g/mol. The smallest absolute Gasteiger partial charge is 0.239 e. The molecular weight excluding hydrogens is 440 g/mol. The molecule has 3 aromatic heterocycles. The lowest BCUT2D eigenvalue weighted by Crippen LogP contribution is -2.12. The molecule has 35 heavy (non-hydrogen) atoms. The molecule has 0 amide bonds. The highest BCUT2D eigenvalue weighted by Gasteiger charge is 2.20. The van der Waals surface area contributed by atoms with E-state index in [1.54, 1.807) is 0 Å². The van der Waals surface area contributed by atoms with E-state index in [0.29, 0.717) is 30.7 Å². The van der Waals surface area contributed by atoms with Crippen molar-refractivity contribution >= 4 is 0 Å². The van der Waals surface area contributed by atoms with Crippen LogP contribution in [0.2, 0.25) is 0 Å². The summed E-state index contributed by atoms with van der Waals surface area (Å²) in [5, 5.41) is 8.42. The minimum absolute atomic E-state index is 0.0569. The quantitative estimate of drug-likeness (QED) is 0.256. The summed E-state index contributed by atoms with van der Waals surface area (Å²) in [5.74, 6) is 3.57. The van der Waals surface area contributed by atoms with Crippen LogP contribution < -0.4 is 4.74 Å². The van der Waals surface area contributed by atoms with Crippen LogP contribution in [0.25, 0.3) is 11.5 Å². The van der Waals surface area contributed by atoms with Crippen molar-refractivity contribution in [1.82, 2.24) is 19.7 Å². The number of aryl methyl sites for hydroxylation is 2. The Morgan fingerprint density at radius 2 is 1.69 bits per heavy atom. The number of ether oxygens (including phenoxy) is 1. The minimum atomic E-state index is -0.0569. The zero-order chi connectivity index (χ0) is 24.0. The van der Waals surface area contributed by atoms with Gasteiger partial charge in [-0.1, -0.05) is 37.3 Å². The van der Waals surface area contributed by atoms with Crippen LogP contribution in [0.15, 0.2) is 88.0 Å². The van der Waals surface area contributed by atoms with Gasteiger partial charge in [0.05, 0.1) is 12.3 Å². The molecule has 178 valence electrons. The number of benzene rings is 2. The summed E-state index contributed by atoms with van der Waals surface area (Å²) in [4.78, 5) is 4.65. The van der Waals surface area contributed by atoms with Gasteiger partial charge >= 0.3 is 0 Å². The van der Waals surface area contributed by atoms with E-state index < -0.39 is 0 Å². The lowest BCUT2D eigenvalue weighted by molar-refractivity contribution is 0.319. The predicted molar refractivity (Wildman–Crippen MR) is 132 cm³/mol. The van der Waals surface area contributed by atoms with Crippen LogP contribution in [0.5, 0.6) is 5.75 Å². The molecule has 0 radical (unpaired) electrons. The maximum absolute atomic E-state index is 5.99. The second-order valence-corrected chi connectivity index (χ2v) is 8.37. The third-order valence-corrected chi connectivity index (χ3v) is 5.93. The third-order valence-electron chi connectivity index (χ3n) is 5.93. The molecule has 0 saturated heterocycles. The van der Waals surface area contributed by atoms with Gasteiger partial charge in [0.1, 0.15) is 17.6 Å². The molecule has 2 aromatic carbocycles. The van der Waals surface area contributed by atoms with Crippen molar-refractivity contribution in [3.05, 3.63) is 108 Å². The number of rotatable bonds is 10. The summed E-state index contributed by atoms with van der Waals surface area (Å²) in [5.41, 5.74) is 3.05. The van der Waals surface area contributed by atoms with Gasteiger partial charge in [-0.2, -0.15) is 0 Å². The first-order chi connectivity index (χ1) is 17.2. The molecule has 5 aromatic rings. The highest BCUT2D eigenvalue weighted by atomic mass is 16.5.